The van der Waals surface area contributed by atoms with E-state index < -0.39 is 17.7 Å². The highest BCUT2D eigenvalue weighted by atomic mass is 32.1. The molecule has 7 heteroatoms. The fourth-order valence-electron chi connectivity index (χ4n) is 4.75. The summed E-state index contributed by atoms with van der Waals surface area (Å²) < 4.78 is 0. The SMILES string of the molecule is Cc1ccc(/C(O)=C2/C(=O)C(=O)N(c3ccc(N4CCN(C)CC4)cc3)C2c2cccs2)cc1C. The van der Waals surface area contributed by atoms with Crippen LogP contribution in [0.1, 0.15) is 27.6 Å². The number of nitrogens with zero attached hydrogens (tertiary/aromatic N) is 3. The van der Waals surface area contributed by atoms with Gasteiger partial charge in [-0.2, -0.15) is 0 Å². The summed E-state index contributed by atoms with van der Waals surface area (Å²) in [6.07, 6.45) is 0. The Morgan fingerprint density at radius 2 is 1.60 bits per heavy atom. The Kier molecular flexibility index (Phi) is 6.21. The quantitative estimate of drug-likeness (QED) is 0.327. The van der Waals surface area contributed by atoms with E-state index in [0.717, 1.165) is 47.9 Å². The second-order valence-electron chi connectivity index (χ2n) is 9.29. The molecule has 2 fully saturated rings. The Hall–Kier alpha value is -3.42. The molecule has 0 saturated carbocycles. The summed E-state index contributed by atoms with van der Waals surface area (Å²) in [6.45, 7) is 7.87. The van der Waals surface area contributed by atoms with E-state index >= 15 is 0 Å². The molecule has 1 unspecified atom stereocenters. The lowest BCUT2D eigenvalue weighted by molar-refractivity contribution is -0.132. The Bertz CT molecular complexity index is 1290. The number of thiophene rings is 1. The van der Waals surface area contributed by atoms with Gasteiger partial charge in [-0.05, 0) is 73.8 Å². The van der Waals surface area contributed by atoms with Gasteiger partial charge in [0, 0.05) is 48.0 Å². The van der Waals surface area contributed by atoms with Gasteiger partial charge in [0.1, 0.15) is 11.8 Å². The maximum absolute atomic E-state index is 13.3. The Balaban J connectivity index is 1.55. The number of carbonyl (C=O) groups is 2. The van der Waals surface area contributed by atoms with Crippen molar-refractivity contribution in [2.24, 2.45) is 0 Å². The van der Waals surface area contributed by atoms with Crippen LogP contribution >= 0.6 is 11.3 Å². The molecule has 0 bridgehead atoms. The van der Waals surface area contributed by atoms with E-state index in [0.29, 0.717) is 11.3 Å². The number of aliphatic hydroxyl groups excluding tert-OH is 1. The molecule has 1 aromatic heterocycles. The summed E-state index contributed by atoms with van der Waals surface area (Å²) in [6, 6.07) is 16.5. The van der Waals surface area contributed by atoms with Crippen molar-refractivity contribution < 1.29 is 14.7 Å². The van der Waals surface area contributed by atoms with Gasteiger partial charge >= 0.3 is 0 Å². The first-order chi connectivity index (χ1) is 16.8. The Morgan fingerprint density at radius 3 is 2.23 bits per heavy atom. The van der Waals surface area contributed by atoms with Gasteiger partial charge in [-0.3, -0.25) is 14.5 Å². The second kappa shape index (κ2) is 9.32. The number of amides is 1. The summed E-state index contributed by atoms with van der Waals surface area (Å²) in [4.78, 5) is 33.6. The van der Waals surface area contributed by atoms with Crippen molar-refractivity contribution in [1.82, 2.24) is 4.90 Å². The highest BCUT2D eigenvalue weighted by molar-refractivity contribution is 7.10. The summed E-state index contributed by atoms with van der Waals surface area (Å²) in [7, 11) is 2.12. The first-order valence-corrected chi connectivity index (χ1v) is 12.7. The monoisotopic (exact) mass is 487 g/mol. The molecule has 1 amide bonds. The molecule has 180 valence electrons. The lowest BCUT2D eigenvalue weighted by atomic mass is 9.97. The zero-order valence-corrected chi connectivity index (χ0v) is 21.0. The van der Waals surface area contributed by atoms with Gasteiger partial charge in [0.15, 0.2) is 0 Å². The summed E-state index contributed by atoms with van der Waals surface area (Å²) >= 11 is 1.47. The first-order valence-electron chi connectivity index (χ1n) is 11.8. The minimum Gasteiger partial charge on any atom is -0.507 e. The predicted molar refractivity (Wildman–Crippen MR) is 141 cm³/mol. The van der Waals surface area contributed by atoms with Crippen LogP contribution in [0.2, 0.25) is 0 Å². The van der Waals surface area contributed by atoms with Crippen molar-refractivity contribution in [2.45, 2.75) is 19.9 Å². The number of ketones is 1. The number of benzene rings is 2. The minimum atomic E-state index is -0.675. The maximum Gasteiger partial charge on any atom is 0.300 e. The number of anilines is 2. The van der Waals surface area contributed by atoms with Gasteiger partial charge in [-0.15, -0.1) is 11.3 Å². The van der Waals surface area contributed by atoms with Crippen molar-refractivity contribution in [3.05, 3.63) is 87.1 Å². The molecule has 2 saturated heterocycles. The number of likely N-dealkylation sites (N-methyl/N-ethyl adjacent to an activating group) is 1. The molecule has 0 radical (unpaired) electrons. The third-order valence-corrected chi connectivity index (χ3v) is 7.96. The normalized spacial score (nSPS) is 20.6. The van der Waals surface area contributed by atoms with E-state index in [2.05, 4.69) is 16.8 Å². The molecular weight excluding hydrogens is 458 g/mol. The van der Waals surface area contributed by atoms with E-state index in [1.165, 1.54) is 16.2 Å². The summed E-state index contributed by atoms with van der Waals surface area (Å²) in [5.41, 5.74) is 4.51. The standard InChI is InChI=1S/C28H29N3O3S/c1-18-6-7-20(17-19(18)2)26(32)24-25(23-5-4-16-35-23)31(28(34)27(24)33)22-10-8-21(9-11-22)30-14-12-29(3)13-15-30/h4-11,16-17,25,32H,12-15H2,1-3H3/b26-24-. The molecule has 3 aromatic rings. The van der Waals surface area contributed by atoms with Crippen molar-refractivity contribution in [2.75, 3.05) is 43.0 Å². The van der Waals surface area contributed by atoms with Crippen LogP contribution in [-0.4, -0.2) is 54.9 Å². The average Bonchev–Trinajstić information content (AvgIpc) is 3.48. The third-order valence-electron chi connectivity index (χ3n) is 7.03. The van der Waals surface area contributed by atoms with Gasteiger partial charge in [0.25, 0.3) is 11.7 Å². The van der Waals surface area contributed by atoms with Crippen LogP contribution in [0.5, 0.6) is 0 Å². The summed E-state index contributed by atoms with van der Waals surface area (Å²) in [5.74, 6) is -1.43. The topological polar surface area (TPSA) is 64.1 Å². The van der Waals surface area contributed by atoms with Crippen LogP contribution in [0.3, 0.4) is 0 Å². The number of Topliss-reactive ketones (excluding diaryl/α,β-unsaturated/α-hetero) is 1. The smallest absolute Gasteiger partial charge is 0.300 e. The number of rotatable bonds is 4. The lowest BCUT2D eigenvalue weighted by Gasteiger charge is -2.34. The van der Waals surface area contributed by atoms with Crippen LogP contribution in [0.15, 0.2) is 65.6 Å². The number of hydrogen-bond donors (Lipinski definition) is 1. The minimum absolute atomic E-state index is 0.129. The van der Waals surface area contributed by atoms with Crippen molar-refractivity contribution in [3.8, 4) is 0 Å². The fourth-order valence-corrected chi connectivity index (χ4v) is 5.57. The molecule has 5 rings (SSSR count). The molecular formula is C28H29N3O3S. The Labute approximate surface area is 209 Å². The number of aryl methyl sites for hydroxylation is 2. The van der Waals surface area contributed by atoms with E-state index in [1.54, 1.807) is 6.07 Å². The number of carbonyl (C=O) groups excluding carboxylic acids is 2. The van der Waals surface area contributed by atoms with Crippen LogP contribution in [0.25, 0.3) is 5.76 Å². The largest absolute Gasteiger partial charge is 0.507 e. The van der Waals surface area contributed by atoms with E-state index in [9.17, 15) is 14.7 Å². The molecule has 2 aliphatic heterocycles. The molecule has 3 heterocycles. The average molecular weight is 488 g/mol. The molecule has 0 aliphatic carbocycles. The van der Waals surface area contributed by atoms with Gasteiger partial charge < -0.3 is 14.9 Å². The van der Waals surface area contributed by atoms with Crippen LogP contribution < -0.4 is 9.80 Å². The molecule has 6 nitrogen and oxygen atoms in total. The highest BCUT2D eigenvalue weighted by Crippen LogP contribution is 2.44. The summed E-state index contributed by atoms with van der Waals surface area (Å²) in [5, 5.41) is 13.2. The van der Waals surface area contributed by atoms with Gasteiger partial charge in [0.2, 0.25) is 0 Å². The number of hydrogen-bond acceptors (Lipinski definition) is 6. The van der Waals surface area contributed by atoms with E-state index in [-0.39, 0.29) is 11.3 Å². The second-order valence-corrected chi connectivity index (χ2v) is 10.3. The first kappa shape index (κ1) is 23.3. The van der Waals surface area contributed by atoms with Crippen LogP contribution in [0.4, 0.5) is 11.4 Å². The number of piperazine rings is 1. The molecule has 1 atom stereocenters. The lowest BCUT2D eigenvalue weighted by Crippen LogP contribution is -2.44. The number of aliphatic hydroxyl groups is 1. The van der Waals surface area contributed by atoms with E-state index in [4.69, 9.17) is 0 Å². The maximum atomic E-state index is 13.3. The molecule has 2 aliphatic rings. The fraction of sp³-hybridized carbons (Fsp3) is 0.286. The van der Waals surface area contributed by atoms with Crippen molar-refractivity contribution in [3.63, 3.8) is 0 Å². The highest BCUT2D eigenvalue weighted by Gasteiger charge is 2.47. The van der Waals surface area contributed by atoms with Crippen molar-refractivity contribution in [1.29, 1.82) is 0 Å². The zero-order valence-electron chi connectivity index (χ0n) is 20.2. The van der Waals surface area contributed by atoms with Crippen molar-refractivity contribution >= 4 is 40.2 Å². The van der Waals surface area contributed by atoms with Crippen LogP contribution in [0, 0.1) is 13.8 Å². The zero-order chi connectivity index (χ0) is 24.7. The molecule has 0 spiro atoms. The van der Waals surface area contributed by atoms with Gasteiger partial charge in [-0.1, -0.05) is 18.2 Å². The molecule has 1 N–H and O–H groups in total. The van der Waals surface area contributed by atoms with E-state index in [1.807, 2.05) is 67.8 Å². The van der Waals surface area contributed by atoms with Gasteiger partial charge in [-0.25, -0.2) is 0 Å². The molecule has 35 heavy (non-hydrogen) atoms. The third kappa shape index (κ3) is 4.26. The Morgan fingerprint density at radius 1 is 0.914 bits per heavy atom. The molecule has 2 aromatic carbocycles. The predicted octanol–water partition coefficient (Wildman–Crippen LogP) is 4.74. The van der Waals surface area contributed by atoms with Gasteiger partial charge in [0.05, 0.1) is 5.57 Å². The van der Waals surface area contributed by atoms with Crippen LogP contribution in [-0.2, 0) is 9.59 Å².